The van der Waals surface area contributed by atoms with Gasteiger partial charge in [0.1, 0.15) is 18.5 Å². The van der Waals surface area contributed by atoms with E-state index in [2.05, 4.69) is 4.90 Å². The zero-order valence-electron chi connectivity index (χ0n) is 12.7. The molecule has 1 fully saturated rings. The van der Waals surface area contributed by atoms with Crippen molar-refractivity contribution >= 4 is 23.2 Å². The molecule has 0 aliphatic carbocycles. The van der Waals surface area contributed by atoms with Gasteiger partial charge in [0, 0.05) is 11.6 Å². The van der Waals surface area contributed by atoms with Crippen LogP contribution in [-0.4, -0.2) is 53.6 Å². The molecule has 1 aliphatic rings. The lowest BCUT2D eigenvalue weighted by atomic mass is 9.92. The summed E-state index contributed by atoms with van der Waals surface area (Å²) in [5, 5.41) is 20.7. The molecule has 124 valence electrons. The van der Waals surface area contributed by atoms with Gasteiger partial charge in [0.2, 0.25) is 0 Å². The van der Waals surface area contributed by atoms with E-state index in [4.69, 9.17) is 27.9 Å². The van der Waals surface area contributed by atoms with Crippen molar-refractivity contribution in [2.24, 2.45) is 5.92 Å². The molecule has 1 aromatic carbocycles. The summed E-state index contributed by atoms with van der Waals surface area (Å²) in [5.41, 5.74) is 0. The second-order valence-electron chi connectivity index (χ2n) is 5.92. The molecule has 2 N–H and O–H groups in total. The van der Waals surface area contributed by atoms with E-state index in [0.717, 1.165) is 25.9 Å². The van der Waals surface area contributed by atoms with Gasteiger partial charge in [-0.1, -0.05) is 23.2 Å². The van der Waals surface area contributed by atoms with Gasteiger partial charge in [-0.2, -0.15) is 0 Å². The van der Waals surface area contributed by atoms with Crippen LogP contribution in [-0.2, 0) is 0 Å². The Balaban J connectivity index is 1.73. The average molecular weight is 348 g/mol. The minimum Gasteiger partial charge on any atom is -0.489 e. The Morgan fingerprint density at radius 1 is 1.27 bits per heavy atom. The van der Waals surface area contributed by atoms with E-state index >= 15 is 0 Å². The van der Waals surface area contributed by atoms with E-state index in [1.807, 2.05) is 6.92 Å². The quantitative estimate of drug-likeness (QED) is 0.830. The average Bonchev–Trinajstić information content (AvgIpc) is 2.47. The molecule has 4 nitrogen and oxygen atoms in total. The van der Waals surface area contributed by atoms with Gasteiger partial charge in [-0.05, 0) is 57.0 Å². The van der Waals surface area contributed by atoms with Crippen molar-refractivity contribution in [2.45, 2.75) is 32.0 Å². The predicted molar refractivity (Wildman–Crippen MR) is 88.8 cm³/mol. The molecule has 1 aromatic rings. The smallest absolute Gasteiger partial charge is 0.138 e. The third-order valence-electron chi connectivity index (χ3n) is 4.11. The zero-order valence-corrected chi connectivity index (χ0v) is 14.2. The molecule has 0 aromatic heterocycles. The van der Waals surface area contributed by atoms with Crippen LogP contribution in [0.25, 0.3) is 0 Å². The summed E-state index contributed by atoms with van der Waals surface area (Å²) in [7, 11) is 0. The van der Waals surface area contributed by atoms with E-state index in [1.54, 1.807) is 18.2 Å². The number of piperidine rings is 1. The van der Waals surface area contributed by atoms with E-state index < -0.39 is 6.10 Å². The lowest BCUT2D eigenvalue weighted by Gasteiger charge is -2.34. The SMILES string of the molecule is CC(O)C1CCN(CC(O)COc2ccc(Cl)cc2Cl)CC1. The Hall–Kier alpha value is -0.520. The summed E-state index contributed by atoms with van der Waals surface area (Å²) < 4.78 is 5.55. The summed E-state index contributed by atoms with van der Waals surface area (Å²) in [6, 6.07) is 5.02. The van der Waals surface area contributed by atoms with Crippen molar-refractivity contribution < 1.29 is 14.9 Å². The van der Waals surface area contributed by atoms with E-state index in [0.29, 0.717) is 28.3 Å². The maximum atomic E-state index is 10.1. The van der Waals surface area contributed by atoms with Crippen LogP contribution in [0.4, 0.5) is 0 Å². The number of rotatable bonds is 6. The van der Waals surface area contributed by atoms with Gasteiger partial charge in [-0.3, -0.25) is 0 Å². The number of likely N-dealkylation sites (tertiary alicyclic amines) is 1. The van der Waals surface area contributed by atoms with Crippen molar-refractivity contribution in [3.8, 4) is 5.75 Å². The van der Waals surface area contributed by atoms with Gasteiger partial charge in [-0.25, -0.2) is 0 Å². The van der Waals surface area contributed by atoms with E-state index in [9.17, 15) is 10.2 Å². The molecule has 0 bridgehead atoms. The number of halogens is 2. The molecule has 2 atom stereocenters. The van der Waals surface area contributed by atoms with Crippen molar-refractivity contribution in [3.63, 3.8) is 0 Å². The third-order valence-corrected chi connectivity index (χ3v) is 4.64. The summed E-state index contributed by atoms with van der Waals surface area (Å²) in [6.07, 6.45) is 1.11. The summed E-state index contributed by atoms with van der Waals surface area (Å²) in [6.45, 7) is 4.40. The fraction of sp³-hybridized carbons (Fsp3) is 0.625. The molecule has 2 unspecified atom stereocenters. The van der Waals surface area contributed by atoms with Crippen LogP contribution in [0.5, 0.6) is 5.75 Å². The molecule has 0 saturated carbocycles. The highest BCUT2D eigenvalue weighted by Gasteiger charge is 2.24. The van der Waals surface area contributed by atoms with Gasteiger partial charge >= 0.3 is 0 Å². The molecule has 1 aliphatic heterocycles. The molecular weight excluding hydrogens is 325 g/mol. The first-order chi connectivity index (χ1) is 10.5. The Labute approximate surface area is 141 Å². The Kier molecular flexibility index (Phi) is 6.78. The molecule has 22 heavy (non-hydrogen) atoms. The standard InChI is InChI=1S/C16H23Cl2NO3/c1-11(20)12-4-6-19(7-5-12)9-14(21)10-22-16-3-2-13(17)8-15(16)18/h2-3,8,11-12,14,20-21H,4-7,9-10H2,1H3. The minimum absolute atomic E-state index is 0.192. The maximum absolute atomic E-state index is 10.1. The van der Waals surface area contributed by atoms with Gasteiger partial charge in [0.15, 0.2) is 0 Å². The number of benzene rings is 1. The van der Waals surface area contributed by atoms with Crippen molar-refractivity contribution in [1.82, 2.24) is 4.90 Å². The number of hydrogen-bond donors (Lipinski definition) is 2. The van der Waals surface area contributed by atoms with Crippen LogP contribution in [0, 0.1) is 5.92 Å². The number of aliphatic hydroxyl groups excluding tert-OH is 2. The van der Waals surface area contributed by atoms with Crippen LogP contribution in [0.3, 0.4) is 0 Å². The first-order valence-corrected chi connectivity index (χ1v) is 8.37. The molecule has 6 heteroatoms. The van der Waals surface area contributed by atoms with Crippen LogP contribution in [0.15, 0.2) is 18.2 Å². The second kappa shape index (κ2) is 8.37. The molecule has 1 heterocycles. The predicted octanol–water partition coefficient (Wildman–Crippen LogP) is 2.83. The van der Waals surface area contributed by atoms with Gasteiger partial charge in [0.25, 0.3) is 0 Å². The maximum Gasteiger partial charge on any atom is 0.138 e. The third kappa shape index (κ3) is 5.28. The summed E-state index contributed by atoms with van der Waals surface area (Å²) in [4.78, 5) is 2.20. The first kappa shape index (κ1) is 17.8. The highest BCUT2D eigenvalue weighted by atomic mass is 35.5. The summed E-state index contributed by atoms with van der Waals surface area (Å²) >= 11 is 11.9. The first-order valence-electron chi connectivity index (χ1n) is 7.62. The molecular formula is C16H23Cl2NO3. The molecule has 0 amide bonds. The normalized spacial score (nSPS) is 19.9. The number of nitrogens with zero attached hydrogens (tertiary/aromatic N) is 1. The minimum atomic E-state index is -0.574. The topological polar surface area (TPSA) is 52.9 Å². The van der Waals surface area contributed by atoms with Crippen molar-refractivity contribution in [2.75, 3.05) is 26.2 Å². The lowest BCUT2D eigenvalue weighted by Crippen LogP contribution is -2.42. The second-order valence-corrected chi connectivity index (χ2v) is 6.76. The molecule has 1 saturated heterocycles. The highest BCUT2D eigenvalue weighted by molar-refractivity contribution is 6.35. The van der Waals surface area contributed by atoms with Crippen LogP contribution in [0.2, 0.25) is 10.0 Å². The number of β-amino-alcohol motifs (C(OH)–C–C–N with tert-alkyl or cyclic N) is 1. The fourth-order valence-electron chi connectivity index (χ4n) is 2.75. The van der Waals surface area contributed by atoms with Gasteiger partial charge in [-0.15, -0.1) is 0 Å². The lowest BCUT2D eigenvalue weighted by molar-refractivity contribution is 0.0336. The molecule has 2 rings (SSSR count). The van der Waals surface area contributed by atoms with E-state index in [-0.39, 0.29) is 12.7 Å². The number of ether oxygens (including phenoxy) is 1. The van der Waals surface area contributed by atoms with Crippen molar-refractivity contribution in [1.29, 1.82) is 0 Å². The Morgan fingerprint density at radius 2 is 1.95 bits per heavy atom. The van der Waals surface area contributed by atoms with Gasteiger partial charge in [0.05, 0.1) is 11.1 Å². The molecule has 0 spiro atoms. The monoisotopic (exact) mass is 347 g/mol. The largest absolute Gasteiger partial charge is 0.489 e. The molecule has 0 radical (unpaired) electrons. The van der Waals surface area contributed by atoms with E-state index in [1.165, 1.54) is 0 Å². The van der Waals surface area contributed by atoms with Crippen LogP contribution >= 0.6 is 23.2 Å². The zero-order chi connectivity index (χ0) is 16.1. The van der Waals surface area contributed by atoms with Crippen LogP contribution < -0.4 is 4.74 Å². The fourth-order valence-corrected chi connectivity index (χ4v) is 3.21. The summed E-state index contributed by atoms with van der Waals surface area (Å²) in [5.74, 6) is 0.899. The highest BCUT2D eigenvalue weighted by Crippen LogP contribution is 2.27. The van der Waals surface area contributed by atoms with Crippen LogP contribution in [0.1, 0.15) is 19.8 Å². The Morgan fingerprint density at radius 3 is 2.55 bits per heavy atom. The number of aliphatic hydroxyl groups is 2. The van der Waals surface area contributed by atoms with Gasteiger partial charge < -0.3 is 19.8 Å². The van der Waals surface area contributed by atoms with Crippen molar-refractivity contribution in [3.05, 3.63) is 28.2 Å². The Bertz CT molecular complexity index is 476. The number of hydrogen-bond acceptors (Lipinski definition) is 4.